The number of rotatable bonds is 4. The van der Waals surface area contributed by atoms with Gasteiger partial charge >= 0.3 is 0 Å². The largest absolute Gasteiger partial charge is 0.294 e. The fourth-order valence-corrected chi connectivity index (χ4v) is 3.86. The Balaban J connectivity index is 2.70. The summed E-state index contributed by atoms with van der Waals surface area (Å²) >= 11 is 8.28. The molecular weight excluding hydrogens is 316 g/mol. The van der Waals surface area contributed by atoms with E-state index in [0.717, 1.165) is 26.0 Å². The molecule has 0 atom stereocenters. The van der Waals surface area contributed by atoms with Crippen molar-refractivity contribution in [3.63, 3.8) is 0 Å². The predicted molar refractivity (Wildman–Crippen MR) is 63.6 cm³/mol. The van der Waals surface area contributed by atoms with E-state index in [9.17, 15) is 4.79 Å². The second kappa shape index (κ2) is 5.27. The molecule has 0 aliphatic rings. The van der Waals surface area contributed by atoms with Crippen LogP contribution in [-0.2, 0) is 0 Å². The summed E-state index contributed by atoms with van der Waals surface area (Å²) in [6.07, 6.45) is 2.69. The van der Waals surface area contributed by atoms with E-state index >= 15 is 0 Å². The fourth-order valence-electron chi connectivity index (χ4n) is 1.00. The number of carbonyl (C=O) groups excluding carboxylic acids is 1. The van der Waals surface area contributed by atoms with Gasteiger partial charge < -0.3 is 0 Å². The third kappa shape index (κ3) is 3.18. The van der Waals surface area contributed by atoms with E-state index in [1.54, 1.807) is 11.3 Å². The van der Waals surface area contributed by atoms with Crippen molar-refractivity contribution in [2.24, 2.45) is 0 Å². The van der Waals surface area contributed by atoms with Crippen LogP contribution >= 0.6 is 43.2 Å². The lowest BCUT2D eigenvalue weighted by Gasteiger charge is -1.96. The third-order valence-electron chi connectivity index (χ3n) is 1.71. The number of carbonyl (C=O) groups is 1. The Bertz CT molecular complexity index is 307. The molecule has 0 fully saturated rings. The Kier molecular flexibility index (Phi) is 4.62. The van der Waals surface area contributed by atoms with Crippen LogP contribution in [0.3, 0.4) is 0 Å². The summed E-state index contributed by atoms with van der Waals surface area (Å²) in [7, 11) is 0. The molecule has 0 radical (unpaired) electrons. The van der Waals surface area contributed by atoms with E-state index in [4.69, 9.17) is 0 Å². The molecule has 0 spiro atoms. The maximum absolute atomic E-state index is 11.6. The van der Waals surface area contributed by atoms with Crippen molar-refractivity contribution >= 4 is 49.0 Å². The Morgan fingerprint density at radius 1 is 1.54 bits per heavy atom. The second-order valence-electron chi connectivity index (χ2n) is 2.76. The SMILES string of the molecule is CCCCC(=O)c1cc(Br)sc1Br. The quantitative estimate of drug-likeness (QED) is 0.737. The van der Waals surface area contributed by atoms with Crippen molar-refractivity contribution in [1.29, 1.82) is 0 Å². The summed E-state index contributed by atoms with van der Waals surface area (Å²) in [6.45, 7) is 2.09. The molecule has 4 heteroatoms. The van der Waals surface area contributed by atoms with Gasteiger partial charge in [-0.2, -0.15) is 0 Å². The summed E-state index contributed by atoms with van der Waals surface area (Å²) in [5.74, 6) is 0.232. The number of ketones is 1. The maximum Gasteiger partial charge on any atom is 0.164 e. The van der Waals surface area contributed by atoms with Crippen molar-refractivity contribution in [3.8, 4) is 0 Å². The van der Waals surface area contributed by atoms with Gasteiger partial charge in [-0.25, -0.2) is 0 Å². The number of unbranched alkanes of at least 4 members (excludes halogenated alkanes) is 1. The molecule has 0 N–H and O–H groups in total. The lowest BCUT2D eigenvalue weighted by atomic mass is 10.1. The Hall–Kier alpha value is 0.330. The summed E-state index contributed by atoms with van der Waals surface area (Å²) in [4.78, 5) is 11.6. The van der Waals surface area contributed by atoms with Gasteiger partial charge in [0, 0.05) is 12.0 Å². The minimum absolute atomic E-state index is 0.232. The van der Waals surface area contributed by atoms with Crippen molar-refractivity contribution in [2.75, 3.05) is 0 Å². The lowest BCUT2D eigenvalue weighted by molar-refractivity contribution is 0.0979. The van der Waals surface area contributed by atoms with E-state index in [1.165, 1.54) is 0 Å². The van der Waals surface area contributed by atoms with Gasteiger partial charge in [0.2, 0.25) is 0 Å². The van der Waals surface area contributed by atoms with Crippen LogP contribution in [0.1, 0.15) is 36.5 Å². The van der Waals surface area contributed by atoms with Crippen LogP contribution in [-0.4, -0.2) is 5.78 Å². The van der Waals surface area contributed by atoms with Crippen LogP contribution in [0.15, 0.2) is 13.6 Å². The van der Waals surface area contributed by atoms with Crippen LogP contribution in [0.25, 0.3) is 0 Å². The van der Waals surface area contributed by atoms with Gasteiger partial charge in [-0.15, -0.1) is 11.3 Å². The van der Waals surface area contributed by atoms with Crippen LogP contribution in [0.5, 0.6) is 0 Å². The average Bonchev–Trinajstić information content (AvgIpc) is 2.41. The summed E-state index contributed by atoms with van der Waals surface area (Å²) < 4.78 is 1.93. The molecule has 0 unspecified atom stereocenters. The molecule has 72 valence electrons. The number of Topliss-reactive ketones (excluding diaryl/α,β-unsaturated/α-hetero) is 1. The zero-order chi connectivity index (χ0) is 9.84. The molecule has 0 saturated carbocycles. The molecule has 1 aromatic heterocycles. The van der Waals surface area contributed by atoms with Crippen LogP contribution in [0, 0.1) is 0 Å². The number of thiophene rings is 1. The molecule has 0 aliphatic heterocycles. The second-order valence-corrected chi connectivity index (χ2v) is 6.51. The zero-order valence-electron chi connectivity index (χ0n) is 7.27. The van der Waals surface area contributed by atoms with Gasteiger partial charge in [0.05, 0.1) is 7.57 Å². The smallest absolute Gasteiger partial charge is 0.164 e. The van der Waals surface area contributed by atoms with Crippen molar-refractivity contribution in [1.82, 2.24) is 0 Å². The molecule has 1 nitrogen and oxygen atoms in total. The van der Waals surface area contributed by atoms with Crippen molar-refractivity contribution in [3.05, 3.63) is 19.2 Å². The highest BCUT2D eigenvalue weighted by Crippen LogP contribution is 2.32. The highest BCUT2D eigenvalue weighted by molar-refractivity contribution is 9.12. The Morgan fingerprint density at radius 3 is 2.69 bits per heavy atom. The van der Waals surface area contributed by atoms with Crippen molar-refractivity contribution < 1.29 is 4.79 Å². The molecule has 0 aliphatic carbocycles. The highest BCUT2D eigenvalue weighted by Gasteiger charge is 2.12. The van der Waals surface area contributed by atoms with Gasteiger partial charge in [-0.3, -0.25) is 4.79 Å². The minimum Gasteiger partial charge on any atom is -0.294 e. The van der Waals surface area contributed by atoms with Crippen molar-refractivity contribution in [2.45, 2.75) is 26.2 Å². The minimum atomic E-state index is 0.232. The zero-order valence-corrected chi connectivity index (χ0v) is 11.3. The van der Waals surface area contributed by atoms with Gasteiger partial charge in [0.15, 0.2) is 5.78 Å². The van der Waals surface area contributed by atoms with E-state index < -0.39 is 0 Å². The topological polar surface area (TPSA) is 17.1 Å². The number of hydrogen-bond acceptors (Lipinski definition) is 2. The molecule has 0 amide bonds. The molecule has 1 aromatic rings. The first kappa shape index (κ1) is 11.4. The molecule has 0 aromatic carbocycles. The monoisotopic (exact) mass is 324 g/mol. The Labute approximate surface area is 98.8 Å². The molecule has 0 saturated heterocycles. The lowest BCUT2D eigenvalue weighted by Crippen LogP contribution is -1.96. The van der Waals surface area contributed by atoms with Gasteiger partial charge in [0.1, 0.15) is 0 Å². The standard InChI is InChI=1S/C9H10Br2OS/c1-2-3-4-7(12)6-5-8(10)13-9(6)11/h5H,2-4H2,1H3. The van der Waals surface area contributed by atoms with Crippen LogP contribution in [0.4, 0.5) is 0 Å². The fraction of sp³-hybridized carbons (Fsp3) is 0.444. The van der Waals surface area contributed by atoms with E-state index in [2.05, 4.69) is 38.8 Å². The normalized spacial score (nSPS) is 10.4. The number of halogens is 2. The first-order valence-corrected chi connectivity index (χ1v) is 6.53. The van der Waals surface area contributed by atoms with Gasteiger partial charge in [-0.1, -0.05) is 13.3 Å². The van der Waals surface area contributed by atoms with Gasteiger partial charge in [-0.05, 0) is 44.3 Å². The number of hydrogen-bond donors (Lipinski definition) is 0. The molecular formula is C9H10Br2OS. The van der Waals surface area contributed by atoms with E-state index in [0.29, 0.717) is 6.42 Å². The molecule has 0 bridgehead atoms. The molecule has 1 rings (SSSR count). The molecule has 1 heterocycles. The highest BCUT2D eigenvalue weighted by atomic mass is 79.9. The summed E-state index contributed by atoms with van der Waals surface area (Å²) in [5, 5.41) is 0. The maximum atomic E-state index is 11.6. The molecule has 13 heavy (non-hydrogen) atoms. The van der Waals surface area contributed by atoms with E-state index in [1.807, 2.05) is 6.07 Å². The first-order chi connectivity index (χ1) is 6.15. The Morgan fingerprint density at radius 2 is 2.23 bits per heavy atom. The summed E-state index contributed by atoms with van der Waals surface area (Å²) in [6, 6.07) is 1.88. The third-order valence-corrected chi connectivity index (χ3v) is 4.05. The summed E-state index contributed by atoms with van der Waals surface area (Å²) in [5.41, 5.74) is 0.810. The van der Waals surface area contributed by atoms with Gasteiger partial charge in [0.25, 0.3) is 0 Å². The van der Waals surface area contributed by atoms with E-state index in [-0.39, 0.29) is 5.78 Å². The predicted octanol–water partition coefficient (Wildman–Crippen LogP) is 4.65. The van der Waals surface area contributed by atoms with Crippen LogP contribution in [0.2, 0.25) is 0 Å². The average molecular weight is 326 g/mol. The first-order valence-electron chi connectivity index (χ1n) is 4.13. The van der Waals surface area contributed by atoms with Crippen LogP contribution < -0.4 is 0 Å².